The van der Waals surface area contributed by atoms with E-state index in [1.807, 2.05) is 66.7 Å². The lowest BCUT2D eigenvalue weighted by Gasteiger charge is -2.30. The van der Waals surface area contributed by atoms with E-state index in [4.69, 9.17) is 9.15 Å². The highest BCUT2D eigenvalue weighted by Crippen LogP contribution is 2.45. The molecule has 4 aromatic rings. The molecule has 1 aliphatic heterocycles. The number of allylic oxidation sites excluding steroid dienone is 1. The first-order valence-electron chi connectivity index (χ1n) is 11.2. The molecule has 3 aromatic carbocycles. The number of carbonyl (C=O) groups is 1. The molecule has 0 fully saturated rings. The summed E-state index contributed by atoms with van der Waals surface area (Å²) in [5.74, 6) is -0.280. The Labute approximate surface area is 206 Å². The number of amides is 1. The van der Waals surface area contributed by atoms with Crippen molar-refractivity contribution in [2.75, 3.05) is 0 Å². The number of nitro groups is 1. The number of ether oxygens (including phenoxy) is 1. The Hall–Kier alpha value is -4.98. The van der Waals surface area contributed by atoms with Gasteiger partial charge in [-0.2, -0.15) is 5.10 Å². The summed E-state index contributed by atoms with van der Waals surface area (Å²) >= 11 is 0. The van der Waals surface area contributed by atoms with Gasteiger partial charge in [0, 0.05) is 22.6 Å². The van der Waals surface area contributed by atoms with Crippen molar-refractivity contribution in [3.05, 3.63) is 135 Å². The second kappa shape index (κ2) is 9.71. The molecular weight excluding hydrogens is 458 g/mol. The molecule has 0 bridgehead atoms. The molecule has 1 aliphatic rings. The van der Waals surface area contributed by atoms with Crippen LogP contribution in [0.5, 0.6) is 5.75 Å². The third kappa shape index (κ3) is 4.39. The number of nitrogens with zero attached hydrogens (tertiary/aromatic N) is 2. The van der Waals surface area contributed by atoms with Gasteiger partial charge in [0.2, 0.25) is 5.76 Å². The lowest BCUT2D eigenvalue weighted by molar-refractivity contribution is -0.402. The lowest BCUT2D eigenvalue weighted by Crippen LogP contribution is -2.21. The average Bonchev–Trinajstić information content (AvgIpc) is 3.40. The van der Waals surface area contributed by atoms with Gasteiger partial charge in [-0.3, -0.25) is 14.9 Å². The van der Waals surface area contributed by atoms with Gasteiger partial charge in [0.25, 0.3) is 0 Å². The van der Waals surface area contributed by atoms with E-state index in [2.05, 4.69) is 29.6 Å². The minimum Gasteiger partial charge on any atom is -0.456 e. The molecule has 0 radical (unpaired) electrons. The molecule has 1 amide bonds. The van der Waals surface area contributed by atoms with Crippen LogP contribution < -0.4 is 10.2 Å². The molecule has 5 rings (SSSR count). The summed E-state index contributed by atoms with van der Waals surface area (Å²) in [5, 5.41) is 15.0. The fourth-order valence-electron chi connectivity index (χ4n) is 4.24. The van der Waals surface area contributed by atoms with Crippen LogP contribution in [0, 0.1) is 17.0 Å². The Bertz CT molecular complexity index is 1500. The van der Waals surface area contributed by atoms with Crippen molar-refractivity contribution in [3.8, 4) is 5.75 Å². The molecule has 36 heavy (non-hydrogen) atoms. The minimum absolute atomic E-state index is 0.211. The van der Waals surface area contributed by atoms with Crippen molar-refractivity contribution >= 4 is 23.8 Å². The molecule has 0 spiro atoms. The van der Waals surface area contributed by atoms with Gasteiger partial charge in [-0.25, -0.2) is 5.43 Å². The molecule has 0 saturated carbocycles. The molecule has 8 nitrogen and oxygen atoms in total. The topological polar surface area (TPSA) is 107 Å². The minimum atomic E-state index is -0.708. The highest BCUT2D eigenvalue weighted by atomic mass is 16.6. The molecule has 0 saturated heterocycles. The van der Waals surface area contributed by atoms with Crippen LogP contribution in [0.15, 0.2) is 106 Å². The van der Waals surface area contributed by atoms with E-state index in [-0.39, 0.29) is 11.7 Å². The van der Waals surface area contributed by atoms with Crippen molar-refractivity contribution in [2.45, 2.75) is 12.8 Å². The molecular formula is C28H21N3O5. The number of furan rings is 1. The number of hydrogen-bond acceptors (Lipinski definition) is 6. The first-order valence-corrected chi connectivity index (χ1v) is 11.2. The molecule has 0 aliphatic carbocycles. The Morgan fingerprint density at radius 3 is 2.36 bits per heavy atom. The molecule has 1 N–H and O–H groups in total. The predicted molar refractivity (Wildman–Crippen MR) is 135 cm³/mol. The zero-order valence-electron chi connectivity index (χ0n) is 19.3. The summed E-state index contributed by atoms with van der Waals surface area (Å²) in [6.45, 7) is 2.05. The molecule has 0 unspecified atom stereocenters. The zero-order valence-corrected chi connectivity index (χ0v) is 19.3. The quantitative estimate of drug-likeness (QED) is 0.212. The van der Waals surface area contributed by atoms with E-state index in [0.29, 0.717) is 5.76 Å². The molecule has 8 heteroatoms. The third-order valence-electron chi connectivity index (χ3n) is 5.92. The number of hydrazone groups is 1. The fourth-order valence-corrected chi connectivity index (χ4v) is 4.24. The van der Waals surface area contributed by atoms with Crippen LogP contribution in [0.1, 0.15) is 38.7 Å². The number of nitrogens with one attached hydrogen (secondary N) is 1. The number of aryl methyl sites for hydroxylation is 1. The summed E-state index contributed by atoms with van der Waals surface area (Å²) in [6.07, 6.45) is 1.56. The first-order chi connectivity index (χ1) is 17.5. The number of hydrogen-bond donors (Lipinski definition) is 1. The van der Waals surface area contributed by atoms with Gasteiger partial charge in [-0.05, 0) is 30.2 Å². The predicted octanol–water partition coefficient (Wildman–Crippen LogP) is 5.85. The lowest BCUT2D eigenvalue weighted by atomic mass is 9.80. The maximum Gasteiger partial charge on any atom is 0.433 e. The maximum atomic E-state index is 12.5. The van der Waals surface area contributed by atoms with Crippen LogP contribution in [0.2, 0.25) is 0 Å². The number of para-hydroxylation sites is 1. The fraction of sp³-hybridized carbons (Fsp3) is 0.0714. The van der Waals surface area contributed by atoms with Crippen molar-refractivity contribution in [3.63, 3.8) is 0 Å². The summed E-state index contributed by atoms with van der Waals surface area (Å²) in [4.78, 5) is 22.6. The van der Waals surface area contributed by atoms with E-state index in [0.717, 1.165) is 39.6 Å². The molecule has 1 aromatic heterocycles. The van der Waals surface area contributed by atoms with Crippen molar-refractivity contribution in [1.82, 2.24) is 5.43 Å². The molecule has 178 valence electrons. The van der Waals surface area contributed by atoms with E-state index in [1.165, 1.54) is 6.07 Å². The van der Waals surface area contributed by atoms with Crippen LogP contribution >= 0.6 is 0 Å². The normalized spacial score (nSPS) is 14.9. The van der Waals surface area contributed by atoms with Crippen LogP contribution in [0.25, 0.3) is 5.76 Å². The van der Waals surface area contributed by atoms with Crippen molar-refractivity contribution < 1.29 is 18.9 Å². The number of benzene rings is 3. The smallest absolute Gasteiger partial charge is 0.433 e. The second-order valence-corrected chi connectivity index (χ2v) is 8.17. The van der Waals surface area contributed by atoms with Gasteiger partial charge < -0.3 is 9.15 Å². The largest absolute Gasteiger partial charge is 0.456 e. The summed E-state index contributed by atoms with van der Waals surface area (Å²) in [5.41, 5.74) is 7.17. The van der Waals surface area contributed by atoms with Crippen LogP contribution in [-0.2, 0) is 0 Å². The molecule has 1 atom stereocenters. The molecule has 2 heterocycles. The van der Waals surface area contributed by atoms with Gasteiger partial charge in [0.1, 0.15) is 16.4 Å². The first kappa shape index (κ1) is 22.8. The van der Waals surface area contributed by atoms with Crippen LogP contribution in [0.4, 0.5) is 5.88 Å². The standard InChI is InChI=1S/C28H21N3O5/c1-18-9-5-6-12-20(18)26-21-13-7-8-14-23(21)36-27(19-10-3-2-4-11-19)22(26)17-29-30-28(32)24-15-16-25(35-24)31(33)34/h2-17,26H,1H3,(H,30,32)/b29-17+/t26-/m0/s1. The van der Waals surface area contributed by atoms with E-state index < -0.39 is 16.7 Å². The summed E-state index contributed by atoms with van der Waals surface area (Å²) in [7, 11) is 0. The third-order valence-corrected chi connectivity index (χ3v) is 5.92. The highest BCUT2D eigenvalue weighted by molar-refractivity contribution is 5.96. The highest BCUT2D eigenvalue weighted by Gasteiger charge is 2.31. The Morgan fingerprint density at radius 1 is 0.944 bits per heavy atom. The monoisotopic (exact) mass is 479 g/mol. The SMILES string of the molecule is Cc1ccccc1[C@@H]1C(/C=N/NC(=O)c2ccc([N+](=O)[O-])o2)=C(c2ccccc2)Oc2ccccc21. The zero-order chi connectivity index (χ0) is 25.1. The van der Waals surface area contributed by atoms with Crippen LogP contribution in [-0.4, -0.2) is 17.0 Å². The van der Waals surface area contributed by atoms with E-state index in [1.54, 1.807) is 6.21 Å². The Balaban J connectivity index is 1.59. The van der Waals surface area contributed by atoms with Gasteiger partial charge in [0.05, 0.1) is 12.3 Å². The second-order valence-electron chi connectivity index (χ2n) is 8.17. The number of carbonyl (C=O) groups excluding carboxylic acids is 1. The Kier molecular flexibility index (Phi) is 6.15. The summed E-state index contributed by atoms with van der Waals surface area (Å²) in [6, 6.07) is 28.0. The van der Waals surface area contributed by atoms with Crippen molar-refractivity contribution in [2.24, 2.45) is 5.10 Å². The van der Waals surface area contributed by atoms with Crippen molar-refractivity contribution in [1.29, 1.82) is 0 Å². The number of fused-ring (bicyclic) bond motifs is 1. The average molecular weight is 479 g/mol. The van der Waals surface area contributed by atoms with Gasteiger partial charge in [-0.15, -0.1) is 0 Å². The van der Waals surface area contributed by atoms with E-state index >= 15 is 0 Å². The van der Waals surface area contributed by atoms with E-state index in [9.17, 15) is 14.9 Å². The Morgan fingerprint density at radius 2 is 1.64 bits per heavy atom. The number of rotatable bonds is 6. The van der Waals surface area contributed by atoms with Crippen LogP contribution in [0.3, 0.4) is 0 Å². The summed E-state index contributed by atoms with van der Waals surface area (Å²) < 4.78 is 11.3. The van der Waals surface area contributed by atoms with Gasteiger partial charge in [-0.1, -0.05) is 72.8 Å². The maximum absolute atomic E-state index is 12.5. The van der Waals surface area contributed by atoms with Gasteiger partial charge >= 0.3 is 11.8 Å². The van der Waals surface area contributed by atoms with Gasteiger partial charge in [0.15, 0.2) is 0 Å².